The average Bonchev–Trinajstić information content (AvgIpc) is 3.69. The van der Waals surface area contributed by atoms with E-state index in [-0.39, 0.29) is 17.5 Å². The number of likely N-dealkylation sites (tertiary alicyclic amines) is 1. The van der Waals surface area contributed by atoms with Crippen molar-refractivity contribution in [1.82, 2.24) is 30.2 Å². The summed E-state index contributed by atoms with van der Waals surface area (Å²) in [6, 6.07) is 5.64. The van der Waals surface area contributed by atoms with Gasteiger partial charge >= 0.3 is 0 Å². The summed E-state index contributed by atoms with van der Waals surface area (Å²) >= 11 is 0. The van der Waals surface area contributed by atoms with Gasteiger partial charge in [0.05, 0.1) is 29.3 Å². The topological polar surface area (TPSA) is 102 Å². The third-order valence-corrected chi connectivity index (χ3v) is 9.21. The van der Waals surface area contributed by atoms with Crippen molar-refractivity contribution in [2.75, 3.05) is 49.5 Å². The summed E-state index contributed by atoms with van der Waals surface area (Å²) in [5.74, 6) is 2.86. The standard InChI is InChI=1S/C30H37FN8O/c31-24-17-34-30(37-28(24)26-15-23-25(35-26)5-10-32-29(23)40)36-27-4-3-22(16-33-27)39-13-8-21(9-14-39)20-6-11-38(12-7-20)18-19-1-2-19/h3-4,15-17,19-21,35H,1-2,5-14,18H2,(H,32,40)(H,33,34,36,37). The molecule has 0 aromatic carbocycles. The van der Waals surface area contributed by atoms with Gasteiger partial charge in [-0.2, -0.15) is 0 Å². The molecule has 3 aromatic rings. The highest BCUT2D eigenvalue weighted by atomic mass is 19.1. The number of piperidine rings is 2. The van der Waals surface area contributed by atoms with Crippen LogP contribution >= 0.6 is 0 Å². The molecule has 1 amide bonds. The van der Waals surface area contributed by atoms with Gasteiger partial charge in [-0.05, 0) is 87.6 Å². The van der Waals surface area contributed by atoms with Crippen LogP contribution in [0.1, 0.15) is 54.6 Å². The number of halogens is 1. The van der Waals surface area contributed by atoms with Crippen molar-refractivity contribution < 1.29 is 9.18 Å². The Morgan fingerprint density at radius 2 is 1.75 bits per heavy atom. The first-order chi connectivity index (χ1) is 19.6. The molecule has 210 valence electrons. The molecule has 0 spiro atoms. The van der Waals surface area contributed by atoms with Crippen LogP contribution in [-0.2, 0) is 6.42 Å². The molecule has 4 aliphatic rings. The van der Waals surface area contributed by atoms with E-state index in [9.17, 15) is 9.18 Å². The molecule has 3 aromatic heterocycles. The normalized spacial score (nSPS) is 20.8. The van der Waals surface area contributed by atoms with Gasteiger partial charge in [-0.1, -0.05) is 0 Å². The van der Waals surface area contributed by atoms with E-state index in [1.165, 1.54) is 58.2 Å². The second-order valence-corrected chi connectivity index (χ2v) is 11.9. The number of hydrogen-bond donors (Lipinski definition) is 3. The molecule has 1 saturated carbocycles. The van der Waals surface area contributed by atoms with E-state index < -0.39 is 5.82 Å². The van der Waals surface area contributed by atoms with E-state index in [0.29, 0.717) is 30.0 Å². The Bertz CT molecular complexity index is 1350. The Hall–Kier alpha value is -3.53. The van der Waals surface area contributed by atoms with Crippen LogP contribution in [0.2, 0.25) is 0 Å². The number of carbonyl (C=O) groups excluding carboxylic acids is 1. The van der Waals surface area contributed by atoms with E-state index in [1.807, 2.05) is 12.3 Å². The summed E-state index contributed by atoms with van der Waals surface area (Å²) in [5.41, 5.74) is 3.03. The predicted octanol–water partition coefficient (Wildman–Crippen LogP) is 4.37. The average molecular weight is 545 g/mol. The number of aromatic amines is 1. The van der Waals surface area contributed by atoms with Crippen molar-refractivity contribution in [2.45, 2.75) is 44.9 Å². The van der Waals surface area contributed by atoms with Crippen LogP contribution in [0.5, 0.6) is 0 Å². The SMILES string of the molecule is O=C1NCCc2[nH]c(-c3nc(Nc4ccc(N5CCC(C6CCN(CC7CC7)CC6)CC5)cn4)ncc3F)cc21. The number of rotatable bonds is 7. The summed E-state index contributed by atoms with van der Waals surface area (Å²) < 4.78 is 14.6. The number of anilines is 3. The zero-order valence-corrected chi connectivity index (χ0v) is 22.8. The molecular formula is C30H37FN8O. The molecule has 40 heavy (non-hydrogen) atoms. The number of pyridine rings is 1. The Morgan fingerprint density at radius 1 is 0.975 bits per heavy atom. The van der Waals surface area contributed by atoms with Gasteiger partial charge in [0, 0.05) is 38.3 Å². The van der Waals surface area contributed by atoms with Crippen LogP contribution < -0.4 is 15.5 Å². The Labute approximate surface area is 234 Å². The number of aromatic nitrogens is 4. The number of amides is 1. The largest absolute Gasteiger partial charge is 0.370 e. The Kier molecular flexibility index (Phi) is 6.87. The highest BCUT2D eigenvalue weighted by Crippen LogP contribution is 2.36. The van der Waals surface area contributed by atoms with Crippen molar-refractivity contribution in [3.8, 4) is 11.4 Å². The van der Waals surface area contributed by atoms with Gasteiger partial charge in [-0.3, -0.25) is 4.79 Å². The summed E-state index contributed by atoms with van der Waals surface area (Å²) in [7, 11) is 0. The van der Waals surface area contributed by atoms with E-state index in [2.05, 4.69) is 46.4 Å². The highest BCUT2D eigenvalue weighted by Gasteiger charge is 2.32. The molecule has 3 aliphatic heterocycles. The van der Waals surface area contributed by atoms with Crippen LogP contribution in [0.25, 0.3) is 11.4 Å². The molecule has 7 rings (SSSR count). The van der Waals surface area contributed by atoms with E-state index >= 15 is 0 Å². The lowest BCUT2D eigenvalue weighted by molar-refractivity contribution is 0.0946. The minimum Gasteiger partial charge on any atom is -0.370 e. The van der Waals surface area contributed by atoms with Crippen LogP contribution in [-0.4, -0.2) is 70.0 Å². The second-order valence-electron chi connectivity index (χ2n) is 11.9. The number of nitrogens with one attached hydrogen (secondary N) is 3. The smallest absolute Gasteiger partial charge is 0.253 e. The van der Waals surface area contributed by atoms with E-state index in [1.54, 1.807) is 6.07 Å². The molecule has 0 atom stereocenters. The Morgan fingerprint density at radius 3 is 2.45 bits per heavy atom. The third-order valence-electron chi connectivity index (χ3n) is 9.21. The molecule has 6 heterocycles. The molecule has 0 radical (unpaired) electrons. The minimum absolute atomic E-state index is 0.118. The molecule has 3 fully saturated rings. The quantitative estimate of drug-likeness (QED) is 0.406. The molecule has 3 N–H and O–H groups in total. The molecular weight excluding hydrogens is 507 g/mol. The first-order valence-electron chi connectivity index (χ1n) is 14.8. The lowest BCUT2D eigenvalue weighted by atomic mass is 9.78. The van der Waals surface area contributed by atoms with Crippen molar-refractivity contribution in [1.29, 1.82) is 0 Å². The van der Waals surface area contributed by atoms with E-state index in [0.717, 1.165) is 48.4 Å². The lowest BCUT2D eigenvalue weighted by Gasteiger charge is -2.40. The first-order valence-corrected chi connectivity index (χ1v) is 14.8. The van der Waals surface area contributed by atoms with Crippen LogP contribution in [0.15, 0.2) is 30.6 Å². The van der Waals surface area contributed by atoms with Crippen LogP contribution in [0.3, 0.4) is 0 Å². The van der Waals surface area contributed by atoms with Crippen LogP contribution in [0, 0.1) is 23.6 Å². The lowest BCUT2D eigenvalue weighted by Crippen LogP contribution is -2.41. The fraction of sp³-hybridized carbons (Fsp3) is 0.533. The first kappa shape index (κ1) is 25.4. The van der Waals surface area contributed by atoms with Gasteiger partial charge in [0.25, 0.3) is 5.91 Å². The zero-order valence-electron chi connectivity index (χ0n) is 22.8. The fourth-order valence-electron chi connectivity index (χ4n) is 6.70. The summed E-state index contributed by atoms with van der Waals surface area (Å²) in [6.07, 6.45) is 11.8. The van der Waals surface area contributed by atoms with Gasteiger partial charge < -0.3 is 25.4 Å². The maximum absolute atomic E-state index is 14.6. The number of H-pyrrole nitrogens is 1. The van der Waals surface area contributed by atoms with Crippen LogP contribution in [0.4, 0.5) is 21.8 Å². The van der Waals surface area contributed by atoms with Crippen molar-refractivity contribution in [2.24, 2.45) is 17.8 Å². The fourth-order valence-corrected chi connectivity index (χ4v) is 6.70. The van der Waals surface area contributed by atoms with Crippen molar-refractivity contribution in [3.05, 3.63) is 47.7 Å². The maximum atomic E-state index is 14.6. The zero-order chi connectivity index (χ0) is 27.1. The summed E-state index contributed by atoms with van der Waals surface area (Å²) in [6.45, 7) is 6.64. The maximum Gasteiger partial charge on any atom is 0.253 e. The molecule has 9 nitrogen and oxygen atoms in total. The van der Waals surface area contributed by atoms with Gasteiger partial charge in [0.2, 0.25) is 5.95 Å². The summed E-state index contributed by atoms with van der Waals surface area (Å²) in [4.78, 5) is 33.5. The Balaban J connectivity index is 0.947. The summed E-state index contributed by atoms with van der Waals surface area (Å²) in [5, 5.41) is 5.90. The number of nitrogens with zero attached hydrogens (tertiary/aromatic N) is 5. The molecule has 2 saturated heterocycles. The second kappa shape index (κ2) is 10.8. The third kappa shape index (κ3) is 5.41. The van der Waals surface area contributed by atoms with Gasteiger partial charge in [0.1, 0.15) is 11.5 Å². The molecule has 0 unspecified atom stereocenters. The highest BCUT2D eigenvalue weighted by molar-refractivity contribution is 5.97. The van der Waals surface area contributed by atoms with Gasteiger partial charge in [0.15, 0.2) is 5.82 Å². The number of hydrogen-bond acceptors (Lipinski definition) is 7. The van der Waals surface area contributed by atoms with Crippen molar-refractivity contribution in [3.63, 3.8) is 0 Å². The van der Waals surface area contributed by atoms with Crippen molar-refractivity contribution >= 4 is 23.4 Å². The molecule has 10 heteroatoms. The monoisotopic (exact) mass is 544 g/mol. The van der Waals surface area contributed by atoms with Gasteiger partial charge in [-0.15, -0.1) is 0 Å². The minimum atomic E-state index is -0.555. The molecule has 0 bridgehead atoms. The van der Waals surface area contributed by atoms with Gasteiger partial charge in [-0.25, -0.2) is 19.3 Å². The molecule has 1 aliphatic carbocycles. The van der Waals surface area contributed by atoms with E-state index in [4.69, 9.17) is 0 Å². The predicted molar refractivity (Wildman–Crippen MR) is 152 cm³/mol. The number of fused-ring (bicyclic) bond motifs is 1. The number of carbonyl (C=O) groups is 1.